The van der Waals surface area contributed by atoms with E-state index in [9.17, 15) is 5.11 Å². The van der Waals surface area contributed by atoms with E-state index in [0.717, 1.165) is 0 Å². The minimum atomic E-state index is -0.109. The fourth-order valence-electron chi connectivity index (χ4n) is 3.24. The molecule has 3 atom stereocenters. The van der Waals surface area contributed by atoms with E-state index in [4.69, 9.17) is 0 Å². The second-order valence-electron chi connectivity index (χ2n) is 6.01. The SMILES string of the molecule is C/C=C\C(C1=CC=C(O)C2C=CC=CC12C)C(C)C. The Morgan fingerprint density at radius 2 is 2.00 bits per heavy atom. The van der Waals surface area contributed by atoms with Gasteiger partial charge in [-0.15, -0.1) is 0 Å². The first-order valence-corrected chi connectivity index (χ1v) is 7.10. The van der Waals surface area contributed by atoms with Gasteiger partial charge in [-0.25, -0.2) is 0 Å². The molecule has 2 aliphatic carbocycles. The predicted octanol–water partition coefficient (Wildman–Crippen LogP) is 4.97. The molecule has 0 saturated heterocycles. The van der Waals surface area contributed by atoms with Gasteiger partial charge >= 0.3 is 0 Å². The molecule has 19 heavy (non-hydrogen) atoms. The summed E-state index contributed by atoms with van der Waals surface area (Å²) in [5.41, 5.74) is 1.28. The van der Waals surface area contributed by atoms with E-state index in [1.54, 1.807) is 0 Å². The molecular weight excluding hydrogens is 232 g/mol. The quantitative estimate of drug-likeness (QED) is 0.707. The van der Waals surface area contributed by atoms with Crippen molar-refractivity contribution >= 4 is 0 Å². The molecule has 0 aromatic carbocycles. The molecule has 0 aliphatic heterocycles. The van der Waals surface area contributed by atoms with Gasteiger partial charge in [0.25, 0.3) is 0 Å². The van der Waals surface area contributed by atoms with Gasteiger partial charge in [0.1, 0.15) is 5.76 Å². The van der Waals surface area contributed by atoms with Crippen molar-refractivity contribution < 1.29 is 5.11 Å². The molecule has 0 radical (unpaired) electrons. The second-order valence-corrected chi connectivity index (χ2v) is 6.01. The Bertz CT molecular complexity index is 488. The Morgan fingerprint density at radius 1 is 1.26 bits per heavy atom. The van der Waals surface area contributed by atoms with E-state index < -0.39 is 0 Å². The Balaban J connectivity index is 2.49. The van der Waals surface area contributed by atoms with Crippen molar-refractivity contribution in [1.82, 2.24) is 0 Å². The van der Waals surface area contributed by atoms with Crippen LogP contribution in [-0.4, -0.2) is 5.11 Å². The zero-order valence-electron chi connectivity index (χ0n) is 12.3. The maximum Gasteiger partial charge on any atom is 0.100 e. The Labute approximate surface area is 116 Å². The molecule has 1 heteroatoms. The van der Waals surface area contributed by atoms with Crippen LogP contribution < -0.4 is 0 Å². The maximum absolute atomic E-state index is 10.2. The summed E-state index contributed by atoms with van der Waals surface area (Å²) in [6.07, 6.45) is 16.8. The van der Waals surface area contributed by atoms with E-state index in [-0.39, 0.29) is 11.3 Å². The second kappa shape index (κ2) is 5.24. The van der Waals surface area contributed by atoms with Crippen molar-refractivity contribution in [3.63, 3.8) is 0 Å². The van der Waals surface area contributed by atoms with Crippen LogP contribution in [0.1, 0.15) is 27.7 Å². The first-order valence-electron chi connectivity index (χ1n) is 7.10. The average molecular weight is 256 g/mol. The van der Waals surface area contributed by atoms with Gasteiger partial charge in [-0.05, 0) is 18.9 Å². The standard InChI is InChI=1S/C18H24O/c1-5-8-14(13(2)3)15-10-11-17(19)16-9-6-7-12-18(15,16)4/h5-14,16,19H,1-4H3/b8-5-. The van der Waals surface area contributed by atoms with Crippen molar-refractivity contribution in [3.05, 3.63) is 59.9 Å². The van der Waals surface area contributed by atoms with Crippen LogP contribution in [0.15, 0.2) is 59.9 Å². The minimum Gasteiger partial charge on any atom is -0.512 e. The minimum absolute atomic E-state index is 0.0732. The Kier molecular flexibility index (Phi) is 3.84. The maximum atomic E-state index is 10.2. The van der Waals surface area contributed by atoms with Gasteiger partial charge in [-0.2, -0.15) is 0 Å². The van der Waals surface area contributed by atoms with Gasteiger partial charge in [0, 0.05) is 17.3 Å². The van der Waals surface area contributed by atoms with Crippen LogP contribution in [-0.2, 0) is 0 Å². The fraction of sp³-hybridized carbons (Fsp3) is 0.444. The highest BCUT2D eigenvalue weighted by atomic mass is 16.3. The smallest absolute Gasteiger partial charge is 0.100 e. The summed E-state index contributed by atoms with van der Waals surface area (Å²) in [6.45, 7) is 8.81. The van der Waals surface area contributed by atoms with E-state index >= 15 is 0 Å². The van der Waals surface area contributed by atoms with Crippen LogP contribution in [0.25, 0.3) is 0 Å². The van der Waals surface area contributed by atoms with E-state index in [0.29, 0.717) is 17.6 Å². The third kappa shape index (κ3) is 2.34. The number of aliphatic hydroxyl groups excluding tert-OH is 1. The summed E-state index contributed by atoms with van der Waals surface area (Å²) in [4.78, 5) is 0. The molecule has 3 unspecified atom stereocenters. The fourth-order valence-corrected chi connectivity index (χ4v) is 3.24. The van der Waals surface area contributed by atoms with E-state index in [1.165, 1.54) is 5.57 Å². The zero-order chi connectivity index (χ0) is 14.0. The summed E-state index contributed by atoms with van der Waals surface area (Å²) >= 11 is 0. The van der Waals surface area contributed by atoms with Crippen LogP contribution in [0.5, 0.6) is 0 Å². The zero-order valence-corrected chi connectivity index (χ0v) is 12.3. The molecule has 0 aromatic rings. The van der Waals surface area contributed by atoms with Gasteiger partial charge < -0.3 is 5.11 Å². The molecule has 2 aliphatic rings. The van der Waals surface area contributed by atoms with Gasteiger partial charge in [0.2, 0.25) is 0 Å². The molecule has 0 amide bonds. The predicted molar refractivity (Wildman–Crippen MR) is 81.8 cm³/mol. The van der Waals surface area contributed by atoms with Gasteiger partial charge in [-0.3, -0.25) is 0 Å². The monoisotopic (exact) mass is 256 g/mol. The lowest BCUT2D eigenvalue weighted by Gasteiger charge is -2.43. The molecule has 0 heterocycles. The largest absolute Gasteiger partial charge is 0.512 e. The number of hydrogen-bond donors (Lipinski definition) is 1. The third-order valence-corrected chi connectivity index (χ3v) is 4.35. The molecule has 1 nitrogen and oxygen atoms in total. The molecule has 0 saturated carbocycles. The molecule has 0 spiro atoms. The van der Waals surface area contributed by atoms with Gasteiger partial charge in [0.15, 0.2) is 0 Å². The molecule has 0 fully saturated rings. The average Bonchev–Trinajstić information content (AvgIpc) is 2.36. The van der Waals surface area contributed by atoms with E-state index in [2.05, 4.69) is 64.2 Å². The lowest BCUT2D eigenvalue weighted by molar-refractivity contribution is 0.255. The van der Waals surface area contributed by atoms with Crippen LogP contribution in [0.4, 0.5) is 0 Å². The van der Waals surface area contributed by atoms with Crippen molar-refractivity contribution in [2.75, 3.05) is 0 Å². The topological polar surface area (TPSA) is 20.2 Å². The molecule has 0 bridgehead atoms. The highest BCUT2D eigenvalue weighted by Gasteiger charge is 2.41. The summed E-state index contributed by atoms with van der Waals surface area (Å²) in [6, 6.07) is 0. The van der Waals surface area contributed by atoms with Crippen LogP contribution in [0.2, 0.25) is 0 Å². The van der Waals surface area contributed by atoms with E-state index in [1.807, 2.05) is 12.2 Å². The van der Waals surface area contributed by atoms with Gasteiger partial charge in [-0.1, -0.05) is 68.9 Å². The Morgan fingerprint density at radius 3 is 2.63 bits per heavy atom. The number of allylic oxidation sites excluding steroid dienone is 9. The van der Waals surface area contributed by atoms with Crippen LogP contribution >= 0.6 is 0 Å². The Hall–Kier alpha value is -1.50. The van der Waals surface area contributed by atoms with Gasteiger partial charge in [0.05, 0.1) is 0 Å². The lowest BCUT2D eigenvalue weighted by atomic mass is 9.61. The highest BCUT2D eigenvalue weighted by Crippen LogP contribution is 2.49. The van der Waals surface area contributed by atoms with Crippen molar-refractivity contribution in [3.8, 4) is 0 Å². The number of aliphatic hydroxyl groups is 1. The first kappa shape index (κ1) is 13.9. The molecule has 0 aromatic heterocycles. The van der Waals surface area contributed by atoms with Crippen molar-refractivity contribution in [1.29, 1.82) is 0 Å². The molecule has 2 rings (SSSR count). The van der Waals surface area contributed by atoms with Crippen LogP contribution in [0.3, 0.4) is 0 Å². The number of fused-ring (bicyclic) bond motifs is 1. The highest BCUT2D eigenvalue weighted by molar-refractivity contribution is 5.43. The molecular formula is C18H24O. The third-order valence-electron chi connectivity index (χ3n) is 4.35. The van der Waals surface area contributed by atoms with Crippen molar-refractivity contribution in [2.45, 2.75) is 27.7 Å². The molecule has 1 N–H and O–H groups in total. The summed E-state index contributed by atoms with van der Waals surface area (Å²) in [5.74, 6) is 1.50. The first-order chi connectivity index (χ1) is 9.00. The summed E-state index contributed by atoms with van der Waals surface area (Å²) in [5, 5.41) is 10.2. The number of rotatable bonds is 3. The van der Waals surface area contributed by atoms with Crippen molar-refractivity contribution in [2.24, 2.45) is 23.2 Å². The summed E-state index contributed by atoms with van der Waals surface area (Å²) < 4.78 is 0. The molecule has 102 valence electrons. The summed E-state index contributed by atoms with van der Waals surface area (Å²) in [7, 11) is 0. The number of hydrogen-bond acceptors (Lipinski definition) is 1. The van der Waals surface area contributed by atoms with Crippen LogP contribution in [0, 0.1) is 23.2 Å². The normalized spacial score (nSPS) is 31.3. The lowest BCUT2D eigenvalue weighted by Crippen LogP contribution is -2.35.